The molecule has 2 fully saturated rings. The Morgan fingerprint density at radius 1 is 1.14 bits per heavy atom. The largest absolute Gasteiger partial charge is 0.381 e. The molecule has 1 N–H and O–H groups in total. The highest BCUT2D eigenvalue weighted by Crippen LogP contribution is 2.37. The van der Waals surface area contributed by atoms with Gasteiger partial charge in [0.25, 0.3) is 0 Å². The number of allylic oxidation sites excluding steroid dienone is 1. The van der Waals surface area contributed by atoms with Gasteiger partial charge in [-0.3, -0.25) is 4.98 Å². The predicted molar refractivity (Wildman–Crippen MR) is 155 cm³/mol. The van der Waals surface area contributed by atoms with Crippen molar-refractivity contribution in [1.82, 2.24) is 14.8 Å². The number of anilines is 1. The minimum absolute atomic E-state index is 0.289. The number of nitrogens with one attached hydrogen (secondary N) is 1. The third-order valence-electron chi connectivity index (χ3n) is 8.19. The topological polar surface area (TPSA) is 31.4 Å². The second kappa shape index (κ2) is 11.1. The number of benzene rings is 2. The number of likely N-dealkylation sites (N-methyl/N-ethyl adjacent to an activating group) is 1. The van der Waals surface area contributed by atoms with Crippen LogP contribution in [0.3, 0.4) is 0 Å². The maximum Gasteiger partial charge on any atom is 0.128 e. The van der Waals surface area contributed by atoms with E-state index in [1.807, 2.05) is 31.3 Å². The third-order valence-corrected chi connectivity index (χ3v) is 8.58. The van der Waals surface area contributed by atoms with Crippen LogP contribution in [0.1, 0.15) is 43.7 Å². The highest BCUT2D eigenvalue weighted by molar-refractivity contribution is 6.31. The normalized spacial score (nSPS) is 21.3. The number of rotatable bonds is 6. The Hall–Kier alpha value is -2.47. The van der Waals surface area contributed by atoms with Crippen molar-refractivity contribution in [3.8, 4) is 11.1 Å². The highest BCUT2D eigenvalue weighted by Gasteiger charge is 2.26. The molecule has 0 radical (unpaired) electrons. The Bertz CT molecular complexity index is 1270. The Morgan fingerprint density at radius 3 is 2.65 bits per heavy atom. The molecular formula is C31H38ClFN4. The van der Waals surface area contributed by atoms with Crippen molar-refractivity contribution in [3.63, 3.8) is 0 Å². The zero-order valence-electron chi connectivity index (χ0n) is 22.3. The lowest BCUT2D eigenvalue weighted by Crippen LogP contribution is -2.46. The van der Waals surface area contributed by atoms with Crippen LogP contribution in [-0.2, 0) is 0 Å². The van der Waals surface area contributed by atoms with Crippen LogP contribution < -0.4 is 5.32 Å². The van der Waals surface area contributed by atoms with Gasteiger partial charge in [0.05, 0.1) is 11.2 Å². The first-order valence-corrected chi connectivity index (χ1v) is 13.9. The van der Waals surface area contributed by atoms with Crippen LogP contribution in [-0.4, -0.2) is 60.6 Å². The van der Waals surface area contributed by atoms with Gasteiger partial charge in [0.1, 0.15) is 5.82 Å². The summed E-state index contributed by atoms with van der Waals surface area (Å²) in [7, 11) is 2.21. The molecule has 1 saturated heterocycles. The second-order valence-electron chi connectivity index (χ2n) is 11.1. The molecular weight excluding hydrogens is 483 g/mol. The first-order valence-electron chi connectivity index (χ1n) is 13.5. The lowest BCUT2D eigenvalue weighted by Gasteiger charge is -2.37. The summed E-state index contributed by atoms with van der Waals surface area (Å²) in [6, 6.07) is 9.93. The van der Waals surface area contributed by atoms with E-state index >= 15 is 0 Å². The summed E-state index contributed by atoms with van der Waals surface area (Å²) in [4.78, 5) is 9.79. The van der Waals surface area contributed by atoms with E-state index in [4.69, 9.17) is 16.6 Å². The molecule has 0 bridgehead atoms. The fourth-order valence-electron chi connectivity index (χ4n) is 5.85. The van der Waals surface area contributed by atoms with Gasteiger partial charge in [0.15, 0.2) is 0 Å². The van der Waals surface area contributed by atoms with Gasteiger partial charge in [-0.25, -0.2) is 4.39 Å². The summed E-state index contributed by atoms with van der Waals surface area (Å²) >= 11 is 6.32. The van der Waals surface area contributed by atoms with Crippen molar-refractivity contribution in [2.24, 2.45) is 5.92 Å². The molecule has 0 unspecified atom stereocenters. The highest BCUT2D eigenvalue weighted by atomic mass is 35.5. The molecule has 0 spiro atoms. The molecule has 37 heavy (non-hydrogen) atoms. The first-order chi connectivity index (χ1) is 17.8. The number of hydrogen-bond acceptors (Lipinski definition) is 4. The van der Waals surface area contributed by atoms with Crippen molar-refractivity contribution in [3.05, 3.63) is 65.1 Å². The van der Waals surface area contributed by atoms with Crippen LogP contribution in [0.5, 0.6) is 0 Å². The van der Waals surface area contributed by atoms with Gasteiger partial charge in [-0.1, -0.05) is 30.7 Å². The van der Waals surface area contributed by atoms with Crippen molar-refractivity contribution < 1.29 is 4.39 Å². The number of aromatic nitrogens is 1. The van der Waals surface area contributed by atoms with Crippen LogP contribution in [0.15, 0.2) is 43.1 Å². The Kier molecular flexibility index (Phi) is 7.85. The van der Waals surface area contributed by atoms with E-state index in [1.54, 1.807) is 13.0 Å². The average molecular weight is 521 g/mol. The molecule has 0 amide bonds. The lowest BCUT2D eigenvalue weighted by molar-refractivity contribution is 0.124. The number of fused-ring (bicyclic) bond motifs is 1. The quantitative estimate of drug-likeness (QED) is 0.371. The maximum atomic E-state index is 14.5. The molecule has 3 aromatic rings. The van der Waals surface area contributed by atoms with E-state index in [9.17, 15) is 4.39 Å². The van der Waals surface area contributed by atoms with E-state index in [-0.39, 0.29) is 5.82 Å². The van der Waals surface area contributed by atoms with Crippen molar-refractivity contribution in [1.29, 1.82) is 0 Å². The van der Waals surface area contributed by atoms with Crippen molar-refractivity contribution in [2.75, 3.05) is 45.1 Å². The number of piperazine rings is 1. The van der Waals surface area contributed by atoms with Crippen molar-refractivity contribution >= 4 is 33.8 Å². The van der Waals surface area contributed by atoms with Crippen LogP contribution >= 0.6 is 11.6 Å². The van der Waals surface area contributed by atoms with Gasteiger partial charge in [-0.2, -0.15) is 0 Å². The fraction of sp³-hybridized carbons (Fsp3) is 0.452. The van der Waals surface area contributed by atoms with Crippen LogP contribution in [0.25, 0.3) is 27.6 Å². The summed E-state index contributed by atoms with van der Waals surface area (Å²) in [6.07, 6.45) is 6.81. The third kappa shape index (κ3) is 5.84. The first kappa shape index (κ1) is 26.1. The number of nitrogens with zero attached hydrogens (tertiary/aromatic N) is 3. The molecule has 6 heteroatoms. The summed E-state index contributed by atoms with van der Waals surface area (Å²) in [5, 5.41) is 5.41. The lowest BCUT2D eigenvalue weighted by atomic mass is 9.84. The summed E-state index contributed by atoms with van der Waals surface area (Å²) in [5.41, 5.74) is 6.20. The van der Waals surface area contributed by atoms with Gasteiger partial charge in [0.2, 0.25) is 0 Å². The number of hydrogen-bond donors (Lipinski definition) is 1. The smallest absolute Gasteiger partial charge is 0.128 e. The van der Waals surface area contributed by atoms with Gasteiger partial charge >= 0.3 is 0 Å². The van der Waals surface area contributed by atoms with Gasteiger partial charge < -0.3 is 15.1 Å². The van der Waals surface area contributed by atoms with E-state index in [0.29, 0.717) is 22.5 Å². The van der Waals surface area contributed by atoms with Gasteiger partial charge in [-0.15, -0.1) is 0 Å². The summed E-state index contributed by atoms with van der Waals surface area (Å²) in [5.74, 6) is 0.424. The van der Waals surface area contributed by atoms with E-state index < -0.39 is 0 Å². The summed E-state index contributed by atoms with van der Waals surface area (Å²) < 4.78 is 14.5. The zero-order chi connectivity index (χ0) is 26.1. The molecule has 4 nitrogen and oxygen atoms in total. The second-order valence-corrected chi connectivity index (χ2v) is 11.5. The monoisotopic (exact) mass is 520 g/mol. The molecule has 2 aliphatic rings. The van der Waals surface area contributed by atoms with Gasteiger partial charge in [-0.05, 0) is 87.0 Å². The molecule has 1 saturated carbocycles. The van der Waals surface area contributed by atoms with Crippen LogP contribution in [0, 0.1) is 18.7 Å². The zero-order valence-corrected chi connectivity index (χ0v) is 23.0. The van der Waals surface area contributed by atoms with E-state index in [1.165, 1.54) is 38.9 Å². The van der Waals surface area contributed by atoms with Crippen molar-refractivity contribution in [2.45, 2.75) is 45.6 Å². The van der Waals surface area contributed by atoms with Crippen LogP contribution in [0.4, 0.5) is 10.1 Å². The molecule has 2 aromatic carbocycles. The molecule has 5 rings (SSSR count). The Labute approximate surface area is 225 Å². The SMILES string of the molecule is C=C(C)c1cnc2ccc(-c3cc(F)c(C)c(Cl)c3)cc2c1N[C@H]1CCC[C@@H](CN2CCN(C)CC2)C1. The predicted octanol–water partition coefficient (Wildman–Crippen LogP) is 7.25. The van der Waals surface area contributed by atoms with E-state index in [2.05, 4.69) is 34.8 Å². The summed E-state index contributed by atoms with van der Waals surface area (Å²) in [6.45, 7) is 13.8. The number of halogens is 2. The maximum absolute atomic E-state index is 14.5. The minimum Gasteiger partial charge on any atom is -0.381 e. The Morgan fingerprint density at radius 2 is 1.92 bits per heavy atom. The molecule has 2 heterocycles. The fourth-order valence-corrected chi connectivity index (χ4v) is 6.06. The molecule has 2 atom stereocenters. The minimum atomic E-state index is -0.289. The average Bonchev–Trinajstić information content (AvgIpc) is 2.88. The molecule has 196 valence electrons. The number of pyridine rings is 1. The molecule has 1 aliphatic carbocycles. The van der Waals surface area contributed by atoms with Crippen LogP contribution in [0.2, 0.25) is 5.02 Å². The standard InChI is InChI=1S/C31H38ClFN4/c1-20(2)27-18-34-30-9-8-23(24-16-28(32)21(3)29(33)17-24)15-26(30)31(27)35-25-7-5-6-22(14-25)19-37-12-10-36(4)11-13-37/h8-9,15-18,22,25H,1,5-7,10-14,19H2,2-4H3,(H,34,35)/t22-,25+/m1/s1. The Balaban J connectivity index is 1.43. The molecule has 1 aromatic heterocycles. The molecule has 1 aliphatic heterocycles. The van der Waals surface area contributed by atoms with E-state index in [0.717, 1.165) is 58.4 Å². The van der Waals surface area contributed by atoms with Gasteiger partial charge in [0, 0.05) is 66.5 Å².